The van der Waals surface area contributed by atoms with Crippen LogP contribution in [0.2, 0.25) is 0 Å². The minimum absolute atomic E-state index is 0.338. The van der Waals surface area contributed by atoms with E-state index in [4.69, 9.17) is 31.5 Å². The number of aromatic amines is 3. The fourth-order valence-electron chi connectivity index (χ4n) is 0.867. The molecule has 0 bridgehead atoms. The molecule has 2 aromatic rings. The van der Waals surface area contributed by atoms with Crippen LogP contribution < -0.4 is 5.69 Å². The molecule has 6 N–H and O–H groups in total. The van der Waals surface area contributed by atoms with Gasteiger partial charge in [0.2, 0.25) is 0 Å². The van der Waals surface area contributed by atoms with E-state index in [0.29, 0.717) is 15.8 Å². The van der Waals surface area contributed by atoms with Gasteiger partial charge in [0.1, 0.15) is 10.2 Å². The van der Waals surface area contributed by atoms with Crippen molar-refractivity contribution in [2.75, 3.05) is 0 Å². The summed E-state index contributed by atoms with van der Waals surface area (Å²) in [6, 6.07) is 0. The second-order valence-corrected chi connectivity index (χ2v) is 3.98. The Kier molecular flexibility index (Phi) is 3.73. The fraction of sp³-hybridized carbons (Fsp3) is 0. The molecule has 2 rings (SSSR count). The lowest BCUT2D eigenvalue weighted by Gasteiger charge is -1.85. The third-order valence-corrected chi connectivity index (χ3v) is 1.63. The van der Waals surface area contributed by atoms with Gasteiger partial charge in [-0.15, -0.1) is 0 Å². The predicted octanol–water partition coefficient (Wildman–Crippen LogP) is -0.620. The molecule has 0 saturated heterocycles. The van der Waals surface area contributed by atoms with E-state index in [2.05, 4.69) is 19.9 Å². The number of imidazole rings is 1. The van der Waals surface area contributed by atoms with Crippen molar-refractivity contribution in [3.8, 4) is 0 Å². The van der Waals surface area contributed by atoms with Crippen LogP contribution in [0.3, 0.4) is 0 Å². The van der Waals surface area contributed by atoms with Gasteiger partial charge in [-0.2, -0.15) is 0 Å². The van der Waals surface area contributed by atoms with Crippen molar-refractivity contribution < 1.29 is 19.2 Å². The van der Waals surface area contributed by atoms with Gasteiger partial charge in [-0.05, 0) is 0 Å². The maximum Gasteiger partial charge on any atom is 0.466 e. The average Bonchev–Trinajstić information content (AvgIpc) is 2.47. The normalized spacial score (nSPS) is 10.9. The quantitative estimate of drug-likeness (QED) is 0.274. The molecule has 0 fully saturated rings. The van der Waals surface area contributed by atoms with Crippen LogP contribution in [0.15, 0.2) is 11.1 Å². The number of aromatic nitrogens is 4. The molecular formula is C5H7N4O5PS. The summed E-state index contributed by atoms with van der Waals surface area (Å²) in [5.74, 6) is 0. The monoisotopic (exact) mass is 266 g/mol. The van der Waals surface area contributed by atoms with E-state index >= 15 is 0 Å². The zero-order chi connectivity index (χ0) is 12.3. The van der Waals surface area contributed by atoms with Crippen molar-refractivity contribution in [1.82, 2.24) is 19.9 Å². The molecule has 0 atom stereocenters. The van der Waals surface area contributed by atoms with Crippen LogP contribution in [0.5, 0.6) is 0 Å². The molecule has 16 heavy (non-hydrogen) atoms. The summed E-state index contributed by atoms with van der Waals surface area (Å²) in [7, 11) is -4.64. The van der Waals surface area contributed by atoms with Crippen LogP contribution in [-0.4, -0.2) is 34.6 Å². The molecule has 11 heteroatoms. The van der Waals surface area contributed by atoms with E-state index in [0.717, 1.165) is 0 Å². The molecule has 0 aliphatic carbocycles. The van der Waals surface area contributed by atoms with Crippen LogP contribution >= 0.6 is 20.0 Å². The molecule has 2 heterocycles. The summed E-state index contributed by atoms with van der Waals surface area (Å²) in [5.41, 5.74) is 0.799. The highest BCUT2D eigenvalue weighted by molar-refractivity contribution is 7.71. The maximum atomic E-state index is 10.8. The van der Waals surface area contributed by atoms with Crippen molar-refractivity contribution in [2.24, 2.45) is 0 Å². The number of nitrogens with one attached hydrogen (secondary N) is 3. The van der Waals surface area contributed by atoms with Crippen LogP contribution in [0.4, 0.5) is 0 Å². The zero-order valence-electron chi connectivity index (χ0n) is 7.54. The van der Waals surface area contributed by atoms with Crippen LogP contribution in [0.1, 0.15) is 0 Å². The highest BCUT2D eigenvalue weighted by Gasteiger charge is 2.00. The Morgan fingerprint density at radius 1 is 1.31 bits per heavy atom. The van der Waals surface area contributed by atoms with Crippen molar-refractivity contribution in [3.05, 3.63) is 21.5 Å². The first-order chi connectivity index (χ1) is 7.27. The number of phosphoric acid groups is 1. The number of rotatable bonds is 0. The average molecular weight is 266 g/mol. The highest BCUT2D eigenvalue weighted by Crippen LogP contribution is 2.25. The molecule has 0 aliphatic rings. The first-order valence-corrected chi connectivity index (χ1v) is 5.68. The highest BCUT2D eigenvalue weighted by atomic mass is 32.1. The number of H-pyrrole nitrogens is 3. The van der Waals surface area contributed by atoms with Crippen LogP contribution in [0, 0.1) is 4.64 Å². The van der Waals surface area contributed by atoms with Gasteiger partial charge in [-0.3, -0.25) is 9.97 Å². The summed E-state index contributed by atoms with van der Waals surface area (Å²) in [4.78, 5) is 43.9. The van der Waals surface area contributed by atoms with E-state index in [1.807, 2.05) is 0 Å². The van der Waals surface area contributed by atoms with Crippen molar-refractivity contribution in [2.45, 2.75) is 0 Å². The van der Waals surface area contributed by atoms with Gasteiger partial charge in [0.05, 0.1) is 6.33 Å². The second-order valence-electron chi connectivity index (χ2n) is 2.55. The van der Waals surface area contributed by atoms with Gasteiger partial charge in [0.25, 0.3) is 0 Å². The molecule has 9 nitrogen and oxygen atoms in total. The molecule has 0 radical (unpaired) electrons. The zero-order valence-corrected chi connectivity index (χ0v) is 9.25. The molecular weight excluding hydrogens is 259 g/mol. The van der Waals surface area contributed by atoms with E-state index in [9.17, 15) is 4.79 Å². The van der Waals surface area contributed by atoms with Crippen molar-refractivity contribution in [1.29, 1.82) is 0 Å². The molecule has 0 aromatic carbocycles. The summed E-state index contributed by atoms with van der Waals surface area (Å²) >= 11 is 4.85. The van der Waals surface area contributed by atoms with Crippen LogP contribution in [-0.2, 0) is 4.57 Å². The summed E-state index contributed by atoms with van der Waals surface area (Å²) < 4.78 is 9.26. The second kappa shape index (κ2) is 4.68. The Bertz CT molecular complexity index is 630. The van der Waals surface area contributed by atoms with Gasteiger partial charge in [0.15, 0.2) is 5.65 Å². The van der Waals surface area contributed by atoms with Crippen molar-refractivity contribution >= 4 is 31.2 Å². The minimum atomic E-state index is -4.64. The Labute approximate surface area is 92.4 Å². The molecule has 0 spiro atoms. The third kappa shape index (κ3) is 4.04. The first kappa shape index (κ1) is 12.7. The van der Waals surface area contributed by atoms with E-state index in [1.165, 1.54) is 6.33 Å². The standard InChI is InChI=1S/C5H4N4OS.H3O4P/c10-5-8-3-2(4(11)9-5)6-1-7-3;1-5(2,3)4/h1H,(H3,6,7,8,9,10,11);(H3,1,2,3,4). The molecule has 0 aliphatic heterocycles. The molecule has 0 saturated carbocycles. The molecule has 2 aromatic heterocycles. The SMILES string of the molecule is O=P(O)(O)O.O=c1[nH]c(=S)c2[nH]cnc2[nH]1. The number of hydrogen-bond donors (Lipinski definition) is 6. The van der Waals surface area contributed by atoms with Gasteiger partial charge in [0, 0.05) is 0 Å². The van der Waals surface area contributed by atoms with E-state index in [1.54, 1.807) is 0 Å². The predicted molar refractivity (Wildman–Crippen MR) is 56.2 cm³/mol. The van der Waals surface area contributed by atoms with E-state index in [-0.39, 0.29) is 5.69 Å². The van der Waals surface area contributed by atoms with Crippen molar-refractivity contribution in [3.63, 3.8) is 0 Å². The lowest BCUT2D eigenvalue weighted by atomic mass is 10.6. The lowest BCUT2D eigenvalue weighted by molar-refractivity contribution is 0.275. The fourth-order valence-corrected chi connectivity index (χ4v) is 1.11. The van der Waals surface area contributed by atoms with Gasteiger partial charge in [-0.1, -0.05) is 12.2 Å². The Morgan fingerprint density at radius 3 is 2.44 bits per heavy atom. The third-order valence-electron chi connectivity index (χ3n) is 1.33. The smallest absolute Gasteiger partial charge is 0.341 e. The Morgan fingerprint density at radius 2 is 1.88 bits per heavy atom. The van der Waals surface area contributed by atoms with E-state index < -0.39 is 7.82 Å². The van der Waals surface area contributed by atoms with Gasteiger partial charge >= 0.3 is 13.5 Å². The number of nitrogens with zero attached hydrogens (tertiary/aromatic N) is 1. The Hall–Kier alpha value is -1.32. The topological polar surface area (TPSA) is 155 Å². The molecule has 0 unspecified atom stereocenters. The summed E-state index contributed by atoms with van der Waals surface area (Å²) in [5, 5.41) is 0. The lowest BCUT2D eigenvalue weighted by Crippen LogP contribution is -2.09. The number of fused-ring (bicyclic) bond motifs is 1. The summed E-state index contributed by atoms with van der Waals surface area (Å²) in [6.07, 6.45) is 1.48. The number of hydrogen-bond acceptors (Lipinski definition) is 4. The Balaban J connectivity index is 0.000000221. The largest absolute Gasteiger partial charge is 0.466 e. The molecule has 0 amide bonds. The van der Waals surface area contributed by atoms with Gasteiger partial charge in [-0.25, -0.2) is 14.3 Å². The van der Waals surface area contributed by atoms with Crippen LogP contribution in [0.25, 0.3) is 11.2 Å². The minimum Gasteiger partial charge on any atom is -0.341 e. The van der Waals surface area contributed by atoms with Gasteiger partial charge < -0.3 is 19.7 Å². The first-order valence-electron chi connectivity index (χ1n) is 3.71. The summed E-state index contributed by atoms with van der Waals surface area (Å²) in [6.45, 7) is 0. The molecule has 88 valence electrons. The maximum absolute atomic E-state index is 10.8.